The second-order valence-electron chi connectivity index (χ2n) is 8.40. The summed E-state index contributed by atoms with van der Waals surface area (Å²) < 4.78 is 27.2. The molecule has 11 heteroatoms. The Hall–Kier alpha value is -4.41. The van der Waals surface area contributed by atoms with Crippen LogP contribution in [0.4, 0.5) is 4.79 Å². The molecule has 1 fully saturated rings. The topological polar surface area (TPSA) is 144 Å². The van der Waals surface area contributed by atoms with Gasteiger partial charge in [-0.25, -0.2) is 14.4 Å². The Balaban J connectivity index is 2.04. The summed E-state index contributed by atoms with van der Waals surface area (Å²) >= 11 is 0. The number of ether oxygens (including phenoxy) is 5. The molecule has 2 aromatic carbocycles. The Morgan fingerprint density at radius 1 is 0.684 bits per heavy atom. The molecule has 1 aliphatic carbocycles. The number of carbonyl (C=O) groups is 5. The minimum absolute atomic E-state index is 0.0459. The van der Waals surface area contributed by atoms with Crippen LogP contribution in [0.5, 0.6) is 0 Å². The van der Waals surface area contributed by atoms with Gasteiger partial charge in [-0.1, -0.05) is 36.4 Å². The molecule has 0 unspecified atom stereocenters. The van der Waals surface area contributed by atoms with Crippen molar-refractivity contribution in [2.24, 2.45) is 5.92 Å². The summed E-state index contributed by atoms with van der Waals surface area (Å²) in [7, 11) is 0. The van der Waals surface area contributed by atoms with Crippen LogP contribution in [0.15, 0.2) is 60.7 Å². The largest absolute Gasteiger partial charge is 0.465 e. The number of alkyl carbamates (subject to hydrolysis) is 1. The van der Waals surface area contributed by atoms with Gasteiger partial charge in [-0.2, -0.15) is 0 Å². The van der Waals surface area contributed by atoms with Gasteiger partial charge in [-0.05, 0) is 31.2 Å². The number of benzene rings is 2. The van der Waals surface area contributed by atoms with Gasteiger partial charge >= 0.3 is 30.0 Å². The van der Waals surface area contributed by atoms with Gasteiger partial charge in [0.15, 0.2) is 18.3 Å². The molecule has 1 aliphatic rings. The van der Waals surface area contributed by atoms with E-state index in [9.17, 15) is 24.0 Å². The van der Waals surface area contributed by atoms with E-state index in [4.69, 9.17) is 23.7 Å². The smallest absolute Gasteiger partial charge is 0.407 e. The summed E-state index contributed by atoms with van der Waals surface area (Å²) in [5.74, 6) is -3.90. The fraction of sp³-hybridized carbons (Fsp3) is 0.370. The van der Waals surface area contributed by atoms with E-state index in [-0.39, 0.29) is 24.3 Å². The third-order valence-corrected chi connectivity index (χ3v) is 5.73. The number of amides is 1. The maximum atomic E-state index is 13.1. The average molecular weight is 528 g/mol. The van der Waals surface area contributed by atoms with E-state index in [1.807, 2.05) is 0 Å². The molecule has 0 aromatic heterocycles. The molecular weight excluding hydrogens is 498 g/mol. The molecule has 11 nitrogen and oxygen atoms in total. The van der Waals surface area contributed by atoms with Crippen molar-refractivity contribution in [1.82, 2.24) is 5.32 Å². The molecule has 0 saturated heterocycles. The van der Waals surface area contributed by atoms with Crippen molar-refractivity contribution >= 4 is 30.0 Å². The number of nitrogens with one attached hydrogen (secondary N) is 1. The van der Waals surface area contributed by atoms with Gasteiger partial charge in [-0.3, -0.25) is 9.59 Å². The Kier molecular flexibility index (Phi) is 9.80. The first-order valence-electron chi connectivity index (χ1n) is 12.0. The van der Waals surface area contributed by atoms with Crippen LogP contribution in [-0.4, -0.2) is 67.5 Å². The number of carbonyl (C=O) groups excluding carboxylic acids is 5. The molecule has 1 saturated carbocycles. The summed E-state index contributed by atoms with van der Waals surface area (Å²) in [5, 5.41) is 2.58. The van der Waals surface area contributed by atoms with Crippen LogP contribution in [0.25, 0.3) is 0 Å². The third kappa shape index (κ3) is 7.31. The molecular formula is C27H29NO10. The predicted octanol–water partition coefficient (Wildman–Crippen LogP) is 2.68. The highest BCUT2D eigenvalue weighted by atomic mass is 16.6. The summed E-state index contributed by atoms with van der Waals surface area (Å²) in [5.41, 5.74) is 0.401. The van der Waals surface area contributed by atoms with Crippen LogP contribution in [0.1, 0.15) is 41.5 Å². The van der Waals surface area contributed by atoms with Gasteiger partial charge in [0.2, 0.25) is 0 Å². The minimum Gasteiger partial charge on any atom is -0.465 e. The first-order valence-corrected chi connectivity index (χ1v) is 12.0. The van der Waals surface area contributed by atoms with Gasteiger partial charge < -0.3 is 29.0 Å². The van der Waals surface area contributed by atoms with Gasteiger partial charge in [-0.15, -0.1) is 0 Å². The van der Waals surface area contributed by atoms with Crippen molar-refractivity contribution < 1.29 is 47.7 Å². The molecule has 0 radical (unpaired) electrons. The highest BCUT2D eigenvalue weighted by molar-refractivity contribution is 5.90. The second kappa shape index (κ2) is 13.2. The summed E-state index contributed by atoms with van der Waals surface area (Å²) in [6, 6.07) is 15.0. The van der Waals surface area contributed by atoms with Gasteiger partial charge in [0, 0.05) is 13.8 Å². The van der Waals surface area contributed by atoms with Crippen molar-refractivity contribution in [3.05, 3.63) is 71.8 Å². The molecule has 0 spiro atoms. The van der Waals surface area contributed by atoms with E-state index >= 15 is 0 Å². The van der Waals surface area contributed by atoms with Crippen LogP contribution >= 0.6 is 0 Å². The van der Waals surface area contributed by atoms with Gasteiger partial charge in [0.1, 0.15) is 0 Å². The highest BCUT2D eigenvalue weighted by Crippen LogP contribution is 2.36. The third-order valence-electron chi connectivity index (χ3n) is 5.73. The molecule has 0 heterocycles. The Morgan fingerprint density at radius 3 is 1.68 bits per heavy atom. The first-order chi connectivity index (χ1) is 18.2. The molecule has 5 atom stereocenters. The van der Waals surface area contributed by atoms with Crippen LogP contribution in [0.3, 0.4) is 0 Å². The highest BCUT2D eigenvalue weighted by Gasteiger charge is 2.58. The Bertz CT molecular complexity index is 1140. The van der Waals surface area contributed by atoms with E-state index in [1.165, 1.54) is 31.2 Å². The van der Waals surface area contributed by atoms with Crippen molar-refractivity contribution in [2.45, 2.75) is 45.1 Å². The van der Waals surface area contributed by atoms with Crippen molar-refractivity contribution in [1.29, 1.82) is 0 Å². The van der Waals surface area contributed by atoms with Crippen molar-refractivity contribution in [3.63, 3.8) is 0 Å². The molecule has 1 N–H and O–H groups in total. The number of hydrogen-bond donors (Lipinski definition) is 1. The molecule has 38 heavy (non-hydrogen) atoms. The quantitative estimate of drug-likeness (QED) is 0.382. The SMILES string of the molecule is CCOC(=O)N[C@H]1[C@H](COC(C)=O)[C@@H](OC(=O)c2ccccc2)[C@H](OC(=O)c2ccccc2)[C@H]1OC(C)=O. The Labute approximate surface area is 219 Å². The van der Waals surface area contributed by atoms with E-state index in [2.05, 4.69) is 5.32 Å². The fourth-order valence-corrected chi connectivity index (χ4v) is 4.15. The number of esters is 4. The van der Waals surface area contributed by atoms with E-state index < -0.39 is 60.2 Å². The maximum absolute atomic E-state index is 13.1. The van der Waals surface area contributed by atoms with Crippen molar-refractivity contribution in [2.75, 3.05) is 13.2 Å². The van der Waals surface area contributed by atoms with Gasteiger partial charge in [0.05, 0.1) is 36.3 Å². The summed E-state index contributed by atoms with van der Waals surface area (Å²) in [4.78, 5) is 62.3. The molecule has 202 valence electrons. The second-order valence-corrected chi connectivity index (χ2v) is 8.40. The maximum Gasteiger partial charge on any atom is 0.407 e. The summed E-state index contributed by atoms with van der Waals surface area (Å²) in [6.07, 6.45) is -4.82. The van der Waals surface area contributed by atoms with Crippen LogP contribution in [0, 0.1) is 5.92 Å². The lowest BCUT2D eigenvalue weighted by Gasteiger charge is -2.26. The van der Waals surface area contributed by atoms with E-state index in [1.54, 1.807) is 43.3 Å². The first kappa shape index (κ1) is 28.2. The summed E-state index contributed by atoms with van der Waals surface area (Å²) in [6.45, 7) is 3.62. The minimum atomic E-state index is -1.37. The van der Waals surface area contributed by atoms with Crippen molar-refractivity contribution in [3.8, 4) is 0 Å². The number of rotatable bonds is 9. The molecule has 0 aliphatic heterocycles. The monoisotopic (exact) mass is 527 g/mol. The van der Waals surface area contributed by atoms with E-state index in [0.29, 0.717) is 0 Å². The normalized spacial score (nSPS) is 22.0. The number of hydrogen-bond acceptors (Lipinski definition) is 10. The lowest BCUT2D eigenvalue weighted by Crippen LogP contribution is -2.49. The Morgan fingerprint density at radius 2 is 1.21 bits per heavy atom. The lowest BCUT2D eigenvalue weighted by atomic mass is 10.0. The lowest BCUT2D eigenvalue weighted by molar-refractivity contribution is -0.154. The van der Waals surface area contributed by atoms with Crippen LogP contribution in [-0.2, 0) is 33.3 Å². The zero-order valence-corrected chi connectivity index (χ0v) is 21.2. The molecule has 2 aromatic rings. The fourth-order valence-electron chi connectivity index (χ4n) is 4.15. The molecule has 0 bridgehead atoms. The predicted molar refractivity (Wildman–Crippen MR) is 131 cm³/mol. The van der Waals surface area contributed by atoms with Gasteiger partial charge in [0.25, 0.3) is 0 Å². The van der Waals surface area contributed by atoms with Crippen LogP contribution < -0.4 is 5.32 Å². The van der Waals surface area contributed by atoms with Crippen LogP contribution in [0.2, 0.25) is 0 Å². The molecule has 3 rings (SSSR count). The van der Waals surface area contributed by atoms with E-state index in [0.717, 1.165) is 6.92 Å². The zero-order valence-electron chi connectivity index (χ0n) is 21.2. The average Bonchev–Trinajstić information content (AvgIpc) is 3.13. The zero-order chi connectivity index (χ0) is 27.7. The molecule has 1 amide bonds. The standard InChI is InChI=1S/C27H29NO10/c1-4-34-27(33)28-21-20(15-35-16(2)29)22(37-25(31)18-11-7-5-8-12-18)24(23(21)36-17(3)30)38-26(32)19-13-9-6-10-14-19/h5-14,20-24H,4,15H2,1-3H3,(H,28,33)/t20-,21-,22+,23-,24-/m0/s1.